The lowest BCUT2D eigenvalue weighted by atomic mass is 10.1. The van der Waals surface area contributed by atoms with E-state index in [0.29, 0.717) is 11.5 Å². The molecule has 1 aromatic heterocycles. The first-order valence-corrected chi connectivity index (χ1v) is 8.94. The predicted molar refractivity (Wildman–Crippen MR) is 103 cm³/mol. The largest absolute Gasteiger partial charge is 0.361 e. The molecule has 1 aliphatic rings. The summed E-state index contributed by atoms with van der Waals surface area (Å²) in [6, 6.07) is 9.99. The molecule has 2 aromatic rings. The number of fused-ring (bicyclic) bond motifs is 1. The molecule has 1 aliphatic heterocycles. The summed E-state index contributed by atoms with van der Waals surface area (Å²) in [5.74, 6) is 0.0333. The lowest BCUT2D eigenvalue weighted by Crippen LogP contribution is -2.33. The fraction of sp³-hybridized carbons (Fsp3) is 0.235. The van der Waals surface area contributed by atoms with Crippen LogP contribution in [0, 0.1) is 0 Å². The topological polar surface area (TPSA) is 65.5 Å². The molecule has 0 bridgehead atoms. The van der Waals surface area contributed by atoms with Gasteiger partial charge in [-0.1, -0.05) is 12.1 Å². The van der Waals surface area contributed by atoms with E-state index in [2.05, 4.69) is 32.6 Å². The summed E-state index contributed by atoms with van der Waals surface area (Å²) < 4.78 is 0. The average molecular weight is 358 g/mol. The zero-order chi connectivity index (χ0) is 16.9. The van der Waals surface area contributed by atoms with E-state index >= 15 is 0 Å². The van der Waals surface area contributed by atoms with Gasteiger partial charge < -0.3 is 10.6 Å². The van der Waals surface area contributed by atoms with Gasteiger partial charge in [0.1, 0.15) is 0 Å². The van der Waals surface area contributed by atoms with Crippen molar-refractivity contribution in [2.75, 3.05) is 11.9 Å². The highest BCUT2D eigenvalue weighted by molar-refractivity contribution is 7.80. The third-order valence-corrected chi connectivity index (χ3v) is 4.88. The Morgan fingerprint density at radius 1 is 1.42 bits per heavy atom. The van der Waals surface area contributed by atoms with Crippen molar-refractivity contribution >= 4 is 46.0 Å². The van der Waals surface area contributed by atoms with Crippen molar-refractivity contribution in [3.63, 3.8) is 0 Å². The molecule has 24 heavy (non-hydrogen) atoms. The molecule has 0 fully saturated rings. The monoisotopic (exact) mass is 358 g/mol. The Balaban J connectivity index is 1.51. The Hall–Kier alpha value is -2.25. The summed E-state index contributed by atoms with van der Waals surface area (Å²) in [6.07, 6.45) is 1.36. The van der Waals surface area contributed by atoms with Crippen molar-refractivity contribution < 1.29 is 4.79 Å². The zero-order valence-electron chi connectivity index (χ0n) is 13.3. The van der Waals surface area contributed by atoms with Crippen LogP contribution in [0.5, 0.6) is 0 Å². The van der Waals surface area contributed by atoms with Crippen molar-refractivity contribution in [2.24, 2.45) is 5.10 Å². The average Bonchev–Trinajstić information content (AvgIpc) is 3.20. The summed E-state index contributed by atoms with van der Waals surface area (Å²) in [4.78, 5) is 12.7. The normalized spacial score (nSPS) is 13.4. The number of thiophene rings is 1. The van der Waals surface area contributed by atoms with Crippen molar-refractivity contribution in [1.29, 1.82) is 0 Å². The van der Waals surface area contributed by atoms with Crippen molar-refractivity contribution in [2.45, 2.75) is 19.8 Å². The Labute approximate surface area is 150 Å². The van der Waals surface area contributed by atoms with Crippen LogP contribution >= 0.6 is 23.6 Å². The van der Waals surface area contributed by atoms with Gasteiger partial charge in [0.2, 0.25) is 5.91 Å². The van der Waals surface area contributed by atoms with Gasteiger partial charge >= 0.3 is 0 Å². The maximum absolute atomic E-state index is 11.4. The molecule has 0 aliphatic carbocycles. The highest BCUT2D eigenvalue weighted by Crippen LogP contribution is 2.24. The number of nitrogens with one attached hydrogen (secondary N) is 3. The minimum absolute atomic E-state index is 0.0333. The fourth-order valence-electron chi connectivity index (χ4n) is 2.45. The standard InChI is InChI=1S/C17H18N4OS2/c1-11(12-4-5-15-13(9-12)10-16(22)19-15)20-21-17(23)18-7-6-14-3-2-8-24-14/h2-5,8-9H,6-7,10H2,1H3,(H,19,22)(H2,18,21,23). The van der Waals surface area contributed by atoms with E-state index < -0.39 is 0 Å². The molecule has 3 N–H and O–H groups in total. The van der Waals surface area contributed by atoms with Crippen LogP contribution in [-0.2, 0) is 17.6 Å². The number of benzene rings is 1. The van der Waals surface area contributed by atoms with Gasteiger partial charge in [0, 0.05) is 17.1 Å². The minimum atomic E-state index is 0.0333. The molecule has 5 nitrogen and oxygen atoms in total. The van der Waals surface area contributed by atoms with Crippen LogP contribution in [0.25, 0.3) is 0 Å². The van der Waals surface area contributed by atoms with Crippen LogP contribution in [0.3, 0.4) is 0 Å². The lowest BCUT2D eigenvalue weighted by molar-refractivity contribution is -0.115. The molecule has 0 spiro atoms. The number of thiocarbonyl (C=S) groups is 1. The molecule has 1 aromatic carbocycles. The fourth-order valence-corrected chi connectivity index (χ4v) is 3.30. The number of nitrogens with zero attached hydrogens (tertiary/aromatic N) is 1. The minimum Gasteiger partial charge on any atom is -0.361 e. The Bertz CT molecular complexity index is 784. The summed E-state index contributed by atoms with van der Waals surface area (Å²) in [5.41, 5.74) is 6.55. The summed E-state index contributed by atoms with van der Waals surface area (Å²) in [5, 5.41) is 12.9. The van der Waals surface area contributed by atoms with Gasteiger partial charge in [-0.25, -0.2) is 0 Å². The Kier molecular flexibility index (Phi) is 5.22. The number of hydrazone groups is 1. The van der Waals surface area contributed by atoms with Crippen molar-refractivity contribution in [3.05, 3.63) is 51.7 Å². The van der Waals surface area contributed by atoms with Gasteiger partial charge in [-0.15, -0.1) is 11.3 Å². The zero-order valence-corrected chi connectivity index (χ0v) is 14.9. The number of amides is 1. The number of carbonyl (C=O) groups is 1. The molecule has 0 unspecified atom stereocenters. The van der Waals surface area contributed by atoms with Crippen LogP contribution in [0.15, 0.2) is 40.8 Å². The molecular weight excluding hydrogens is 340 g/mol. The number of rotatable bonds is 5. The smallest absolute Gasteiger partial charge is 0.228 e. The van der Waals surface area contributed by atoms with Gasteiger partial charge in [-0.2, -0.15) is 5.10 Å². The first-order valence-electron chi connectivity index (χ1n) is 7.65. The first-order chi connectivity index (χ1) is 11.6. The first kappa shape index (κ1) is 16.6. The Morgan fingerprint density at radius 3 is 3.08 bits per heavy atom. The molecule has 1 amide bonds. The van der Waals surface area contributed by atoms with Crippen molar-refractivity contribution in [1.82, 2.24) is 10.7 Å². The third-order valence-electron chi connectivity index (χ3n) is 3.71. The van der Waals surface area contributed by atoms with Gasteiger partial charge in [-0.05, 0) is 60.3 Å². The number of hydrogen-bond donors (Lipinski definition) is 3. The molecule has 0 atom stereocenters. The highest BCUT2D eigenvalue weighted by atomic mass is 32.1. The Morgan fingerprint density at radius 2 is 2.29 bits per heavy atom. The molecule has 3 rings (SSSR count). The number of hydrogen-bond acceptors (Lipinski definition) is 4. The molecular formula is C17H18N4OS2. The third kappa shape index (κ3) is 4.18. The van der Waals surface area contributed by atoms with E-state index in [-0.39, 0.29) is 5.91 Å². The highest BCUT2D eigenvalue weighted by Gasteiger charge is 2.17. The van der Waals surface area contributed by atoms with E-state index in [4.69, 9.17) is 12.2 Å². The van der Waals surface area contributed by atoms with Gasteiger partial charge in [0.15, 0.2) is 5.11 Å². The molecule has 124 valence electrons. The van der Waals surface area contributed by atoms with Crippen LogP contribution < -0.4 is 16.1 Å². The number of anilines is 1. The van der Waals surface area contributed by atoms with Crippen molar-refractivity contribution in [3.8, 4) is 0 Å². The summed E-state index contributed by atoms with van der Waals surface area (Å²) >= 11 is 6.97. The van der Waals surface area contributed by atoms with Crippen LogP contribution in [-0.4, -0.2) is 23.3 Å². The lowest BCUT2D eigenvalue weighted by Gasteiger charge is -2.08. The van der Waals surface area contributed by atoms with Crippen LogP contribution in [0.1, 0.15) is 22.9 Å². The summed E-state index contributed by atoms with van der Waals surface area (Å²) in [6.45, 7) is 2.68. The van der Waals surface area contributed by atoms with E-state index in [1.54, 1.807) is 11.3 Å². The SMILES string of the molecule is CC(=NNC(=S)NCCc1cccs1)c1ccc2c(c1)CC(=O)N2. The molecule has 2 heterocycles. The van der Waals surface area contributed by atoms with E-state index in [1.165, 1.54) is 4.88 Å². The van der Waals surface area contributed by atoms with E-state index in [1.807, 2.05) is 31.2 Å². The molecule has 0 saturated heterocycles. The van der Waals surface area contributed by atoms with Crippen LogP contribution in [0.2, 0.25) is 0 Å². The number of carbonyl (C=O) groups excluding carboxylic acids is 1. The second kappa shape index (κ2) is 7.55. The van der Waals surface area contributed by atoms with Crippen LogP contribution in [0.4, 0.5) is 5.69 Å². The predicted octanol–water partition coefficient (Wildman–Crippen LogP) is 2.67. The maximum Gasteiger partial charge on any atom is 0.228 e. The molecule has 0 saturated carbocycles. The van der Waals surface area contributed by atoms with Gasteiger partial charge in [0.05, 0.1) is 12.1 Å². The van der Waals surface area contributed by atoms with Gasteiger partial charge in [0.25, 0.3) is 0 Å². The molecule has 0 radical (unpaired) electrons. The van der Waals surface area contributed by atoms with E-state index in [9.17, 15) is 4.79 Å². The second-order valence-electron chi connectivity index (χ2n) is 5.49. The maximum atomic E-state index is 11.4. The molecule has 7 heteroatoms. The second-order valence-corrected chi connectivity index (χ2v) is 6.93. The quantitative estimate of drug-likeness (QED) is 0.437. The van der Waals surface area contributed by atoms with E-state index in [0.717, 1.165) is 35.5 Å². The summed E-state index contributed by atoms with van der Waals surface area (Å²) in [7, 11) is 0. The van der Waals surface area contributed by atoms with Gasteiger partial charge in [-0.3, -0.25) is 10.2 Å².